The molecule has 0 saturated carbocycles. The molecule has 0 aromatic carbocycles. The fourth-order valence-corrected chi connectivity index (χ4v) is 0.868. The fourth-order valence-electron chi connectivity index (χ4n) is 0.868. The number of carboxylic acid groups (broad SMARTS) is 1. The summed E-state index contributed by atoms with van der Waals surface area (Å²) < 4.78 is 0. The maximum atomic E-state index is 10.7. The largest absolute Gasteiger partial charge is 0.477 e. The van der Waals surface area contributed by atoms with E-state index in [-0.39, 0.29) is 5.71 Å². The standard InChI is InChI=1S/C10H19NO3/c1-3-5-7-9(10(12)13)11-14-8-6-4-2/h3-8H2,1-2H3,(H,12,13)/b11-9-. The van der Waals surface area contributed by atoms with E-state index in [4.69, 9.17) is 9.94 Å². The Hall–Kier alpha value is -1.06. The minimum Gasteiger partial charge on any atom is -0.477 e. The van der Waals surface area contributed by atoms with Crippen LogP contribution in [0.25, 0.3) is 0 Å². The van der Waals surface area contributed by atoms with Gasteiger partial charge in [-0.05, 0) is 12.8 Å². The van der Waals surface area contributed by atoms with Crippen LogP contribution in [0.15, 0.2) is 5.16 Å². The smallest absolute Gasteiger partial charge is 0.353 e. The summed E-state index contributed by atoms with van der Waals surface area (Å²) in [5.74, 6) is -0.977. The number of aliphatic carboxylic acids is 1. The van der Waals surface area contributed by atoms with Crippen LogP contribution < -0.4 is 0 Å². The molecule has 0 aromatic rings. The molecule has 0 saturated heterocycles. The lowest BCUT2D eigenvalue weighted by molar-refractivity contribution is -0.129. The van der Waals surface area contributed by atoms with Gasteiger partial charge in [-0.1, -0.05) is 31.8 Å². The molecular weight excluding hydrogens is 182 g/mol. The third-order valence-corrected chi connectivity index (χ3v) is 1.78. The third kappa shape index (κ3) is 6.46. The van der Waals surface area contributed by atoms with Crippen LogP contribution in [-0.4, -0.2) is 23.4 Å². The fraction of sp³-hybridized carbons (Fsp3) is 0.800. The number of unbranched alkanes of at least 4 members (excludes halogenated alkanes) is 2. The highest BCUT2D eigenvalue weighted by Crippen LogP contribution is 1.99. The molecule has 1 N–H and O–H groups in total. The van der Waals surface area contributed by atoms with Gasteiger partial charge in [0.1, 0.15) is 6.61 Å². The summed E-state index contributed by atoms with van der Waals surface area (Å²) in [6.45, 7) is 4.55. The number of nitrogens with zero attached hydrogens (tertiary/aromatic N) is 1. The molecule has 0 aromatic heterocycles. The predicted molar refractivity (Wildman–Crippen MR) is 55.5 cm³/mol. The number of carboxylic acids is 1. The van der Waals surface area contributed by atoms with Gasteiger partial charge < -0.3 is 9.94 Å². The highest BCUT2D eigenvalue weighted by Gasteiger charge is 2.08. The molecule has 0 amide bonds. The van der Waals surface area contributed by atoms with Gasteiger partial charge >= 0.3 is 5.97 Å². The second-order valence-electron chi connectivity index (χ2n) is 3.13. The van der Waals surface area contributed by atoms with E-state index in [1.807, 2.05) is 13.8 Å². The van der Waals surface area contributed by atoms with Gasteiger partial charge in [-0.25, -0.2) is 4.79 Å². The van der Waals surface area contributed by atoms with Crippen molar-refractivity contribution in [1.82, 2.24) is 0 Å². The third-order valence-electron chi connectivity index (χ3n) is 1.78. The van der Waals surface area contributed by atoms with Crippen LogP contribution >= 0.6 is 0 Å². The Bertz CT molecular complexity index is 190. The van der Waals surface area contributed by atoms with Gasteiger partial charge in [0.05, 0.1) is 0 Å². The highest BCUT2D eigenvalue weighted by atomic mass is 16.6. The van der Waals surface area contributed by atoms with Crippen LogP contribution in [0.3, 0.4) is 0 Å². The molecule has 0 aliphatic rings. The van der Waals surface area contributed by atoms with Crippen LogP contribution in [0.4, 0.5) is 0 Å². The van der Waals surface area contributed by atoms with Gasteiger partial charge in [-0.3, -0.25) is 0 Å². The van der Waals surface area contributed by atoms with E-state index in [0.717, 1.165) is 25.7 Å². The SMILES string of the molecule is CCCCO/N=C(/CCCC)C(=O)O. The number of hydrogen-bond donors (Lipinski definition) is 1. The second kappa shape index (κ2) is 8.53. The molecule has 4 heteroatoms. The molecule has 82 valence electrons. The van der Waals surface area contributed by atoms with Crippen molar-refractivity contribution in [2.75, 3.05) is 6.61 Å². The summed E-state index contributed by atoms with van der Waals surface area (Å²) in [7, 11) is 0. The molecule has 0 radical (unpaired) electrons. The average molecular weight is 201 g/mol. The zero-order valence-electron chi connectivity index (χ0n) is 8.95. The molecule has 0 bridgehead atoms. The summed E-state index contributed by atoms with van der Waals surface area (Å²) in [5.41, 5.74) is 0.128. The first-order valence-corrected chi connectivity index (χ1v) is 5.14. The number of oxime groups is 1. The van der Waals surface area contributed by atoms with Crippen molar-refractivity contribution < 1.29 is 14.7 Å². The van der Waals surface area contributed by atoms with Crippen molar-refractivity contribution in [3.05, 3.63) is 0 Å². The predicted octanol–water partition coefficient (Wildman–Crippen LogP) is 2.43. The molecule has 0 aliphatic heterocycles. The quantitative estimate of drug-likeness (QED) is 0.373. The Labute approximate surface area is 84.9 Å². The Morgan fingerprint density at radius 3 is 2.43 bits per heavy atom. The number of rotatable bonds is 8. The molecule has 0 fully saturated rings. The Balaban J connectivity index is 3.86. The molecule has 0 aliphatic carbocycles. The Morgan fingerprint density at radius 2 is 1.93 bits per heavy atom. The van der Waals surface area contributed by atoms with Gasteiger partial charge in [-0.15, -0.1) is 0 Å². The normalized spacial score (nSPS) is 11.4. The lowest BCUT2D eigenvalue weighted by Gasteiger charge is -2.01. The molecular formula is C10H19NO3. The van der Waals surface area contributed by atoms with E-state index in [2.05, 4.69) is 5.16 Å². The van der Waals surface area contributed by atoms with Gasteiger partial charge in [0.15, 0.2) is 5.71 Å². The second-order valence-corrected chi connectivity index (χ2v) is 3.13. The van der Waals surface area contributed by atoms with Crippen molar-refractivity contribution in [2.45, 2.75) is 46.0 Å². The molecule has 0 atom stereocenters. The lowest BCUT2D eigenvalue weighted by atomic mass is 10.2. The van der Waals surface area contributed by atoms with E-state index in [1.165, 1.54) is 0 Å². The summed E-state index contributed by atoms with van der Waals surface area (Å²) in [6.07, 6.45) is 4.21. The maximum absolute atomic E-state index is 10.7. The first-order valence-electron chi connectivity index (χ1n) is 5.14. The van der Waals surface area contributed by atoms with Crippen LogP contribution in [0.5, 0.6) is 0 Å². The monoisotopic (exact) mass is 201 g/mol. The van der Waals surface area contributed by atoms with Crippen molar-refractivity contribution >= 4 is 11.7 Å². The van der Waals surface area contributed by atoms with Crippen LogP contribution in [0, 0.1) is 0 Å². The molecule has 0 unspecified atom stereocenters. The zero-order valence-corrected chi connectivity index (χ0v) is 8.95. The Morgan fingerprint density at radius 1 is 1.29 bits per heavy atom. The van der Waals surface area contributed by atoms with E-state index >= 15 is 0 Å². The van der Waals surface area contributed by atoms with E-state index in [1.54, 1.807) is 0 Å². The van der Waals surface area contributed by atoms with Gasteiger partial charge in [0, 0.05) is 6.42 Å². The molecule has 0 spiro atoms. The van der Waals surface area contributed by atoms with Gasteiger partial charge in [-0.2, -0.15) is 0 Å². The average Bonchev–Trinajstić information content (AvgIpc) is 2.16. The molecule has 0 heterocycles. The highest BCUT2D eigenvalue weighted by molar-refractivity contribution is 6.35. The first kappa shape index (κ1) is 12.9. The minimum absolute atomic E-state index is 0.128. The number of carbonyl (C=O) groups is 1. The van der Waals surface area contributed by atoms with Crippen LogP contribution in [0.2, 0.25) is 0 Å². The van der Waals surface area contributed by atoms with Gasteiger partial charge in [0.25, 0.3) is 0 Å². The van der Waals surface area contributed by atoms with Crippen molar-refractivity contribution in [3.8, 4) is 0 Å². The first-order chi connectivity index (χ1) is 6.72. The molecule has 4 nitrogen and oxygen atoms in total. The van der Waals surface area contributed by atoms with Crippen molar-refractivity contribution in [2.24, 2.45) is 5.16 Å². The van der Waals surface area contributed by atoms with E-state index in [9.17, 15) is 4.79 Å². The van der Waals surface area contributed by atoms with Crippen LogP contribution in [-0.2, 0) is 9.63 Å². The molecule has 14 heavy (non-hydrogen) atoms. The zero-order chi connectivity index (χ0) is 10.8. The minimum atomic E-state index is -0.977. The topological polar surface area (TPSA) is 58.9 Å². The van der Waals surface area contributed by atoms with Crippen molar-refractivity contribution in [1.29, 1.82) is 0 Å². The van der Waals surface area contributed by atoms with Crippen molar-refractivity contribution in [3.63, 3.8) is 0 Å². The van der Waals surface area contributed by atoms with E-state index in [0.29, 0.717) is 13.0 Å². The maximum Gasteiger partial charge on any atom is 0.353 e. The lowest BCUT2D eigenvalue weighted by Crippen LogP contribution is -2.13. The van der Waals surface area contributed by atoms with Crippen LogP contribution in [0.1, 0.15) is 46.0 Å². The van der Waals surface area contributed by atoms with E-state index < -0.39 is 5.97 Å². The number of hydrogen-bond acceptors (Lipinski definition) is 3. The summed E-state index contributed by atoms with van der Waals surface area (Å²) in [4.78, 5) is 15.6. The Kier molecular flexibility index (Phi) is 7.89. The summed E-state index contributed by atoms with van der Waals surface area (Å²) in [5, 5.41) is 12.4. The summed E-state index contributed by atoms with van der Waals surface area (Å²) in [6, 6.07) is 0. The molecule has 0 rings (SSSR count). The summed E-state index contributed by atoms with van der Waals surface area (Å²) >= 11 is 0. The van der Waals surface area contributed by atoms with Gasteiger partial charge in [0.2, 0.25) is 0 Å².